The number of likely N-dealkylation sites (N-methyl/N-ethyl adjacent to an activating group) is 1. The van der Waals surface area contributed by atoms with Crippen LogP contribution in [0.5, 0.6) is 0 Å². The minimum Gasteiger partial charge on any atom is -0.353 e. The lowest BCUT2D eigenvalue weighted by Gasteiger charge is -2.31. The first-order valence-corrected chi connectivity index (χ1v) is 7.99. The van der Waals surface area contributed by atoms with Gasteiger partial charge in [0.1, 0.15) is 0 Å². The van der Waals surface area contributed by atoms with Gasteiger partial charge in [-0.1, -0.05) is 26.0 Å². The minimum atomic E-state index is -4.36. The van der Waals surface area contributed by atoms with Gasteiger partial charge in [-0.25, -0.2) is 0 Å². The number of nitrogens with zero attached hydrogens (tertiary/aromatic N) is 1. The van der Waals surface area contributed by atoms with E-state index >= 15 is 0 Å². The van der Waals surface area contributed by atoms with Crippen LogP contribution < -0.4 is 11.1 Å². The van der Waals surface area contributed by atoms with E-state index < -0.39 is 17.3 Å². The Bertz CT molecular complexity index is 542. The quantitative estimate of drug-likeness (QED) is 0.709. The van der Waals surface area contributed by atoms with Crippen LogP contribution in [0, 0.1) is 0 Å². The fourth-order valence-corrected chi connectivity index (χ4v) is 2.43. The van der Waals surface area contributed by atoms with Gasteiger partial charge in [-0.3, -0.25) is 9.69 Å². The molecule has 0 saturated carbocycles. The molecule has 1 rings (SSSR count). The molecule has 0 bridgehead atoms. The van der Waals surface area contributed by atoms with E-state index in [1.807, 2.05) is 13.8 Å². The Morgan fingerprint density at radius 3 is 1.92 bits per heavy atom. The van der Waals surface area contributed by atoms with Crippen LogP contribution in [0.15, 0.2) is 24.3 Å². The zero-order valence-electron chi connectivity index (χ0n) is 15.4. The van der Waals surface area contributed by atoms with E-state index in [2.05, 4.69) is 10.2 Å². The number of nitrogens with two attached hydrogens (primary N) is 1. The molecule has 1 amide bonds. The number of nitrogens with one attached hydrogen (secondary N) is 1. The van der Waals surface area contributed by atoms with Crippen LogP contribution in [0.4, 0.5) is 13.2 Å². The normalized spacial score (nSPS) is 12.8. The Balaban J connectivity index is 0. The molecule has 0 aliphatic carbocycles. The van der Waals surface area contributed by atoms with Gasteiger partial charge in [0.2, 0.25) is 5.91 Å². The van der Waals surface area contributed by atoms with Crippen molar-refractivity contribution in [3.63, 3.8) is 0 Å². The molecule has 3 N–H and O–H groups in total. The Hall–Kier alpha value is -1.02. The maximum Gasteiger partial charge on any atom is 0.416 e. The fraction of sp³-hybridized carbons (Fsp3) is 0.588. The number of carbonyl (C=O) groups is 1. The molecule has 1 aromatic carbocycles. The first-order valence-electron chi connectivity index (χ1n) is 7.99. The van der Waals surface area contributed by atoms with Gasteiger partial charge in [0.25, 0.3) is 0 Å². The summed E-state index contributed by atoms with van der Waals surface area (Å²) in [5, 5.41) is 2.79. The minimum absolute atomic E-state index is 0. The molecular weight excluding hydrogens is 390 g/mol. The Kier molecular flexibility index (Phi) is 11.5. The Morgan fingerprint density at radius 2 is 1.58 bits per heavy atom. The maximum absolute atomic E-state index is 12.7. The molecule has 0 aliphatic rings. The average Bonchev–Trinajstić information content (AvgIpc) is 2.49. The standard InChI is InChI=1S/C17H26F3N3O.2ClH/c1-5-23(6-2)14(11-22-15(24)16(3,4)21)12-7-9-13(10-8-12)17(18,19)20;;/h7-10,14H,5-6,11,21H2,1-4H3,(H,22,24);2*1H. The zero-order valence-corrected chi connectivity index (χ0v) is 17.0. The smallest absolute Gasteiger partial charge is 0.353 e. The summed E-state index contributed by atoms with van der Waals surface area (Å²) in [4.78, 5) is 14.1. The van der Waals surface area contributed by atoms with Gasteiger partial charge in [0.05, 0.1) is 17.1 Å². The summed E-state index contributed by atoms with van der Waals surface area (Å²) >= 11 is 0. The first-order chi connectivity index (χ1) is 11.0. The van der Waals surface area contributed by atoms with Crippen molar-refractivity contribution in [3.8, 4) is 0 Å². The van der Waals surface area contributed by atoms with E-state index in [0.717, 1.165) is 17.7 Å². The van der Waals surface area contributed by atoms with Crippen molar-refractivity contribution >= 4 is 30.7 Å². The predicted octanol–water partition coefficient (Wildman–Crippen LogP) is 3.79. The molecule has 0 aromatic heterocycles. The van der Waals surface area contributed by atoms with Gasteiger partial charge in [-0.2, -0.15) is 13.2 Å². The van der Waals surface area contributed by atoms with E-state index in [-0.39, 0.29) is 43.3 Å². The molecule has 0 radical (unpaired) electrons. The fourth-order valence-electron chi connectivity index (χ4n) is 2.43. The molecule has 0 saturated heterocycles. The second kappa shape index (κ2) is 11.0. The molecule has 0 spiro atoms. The zero-order chi connectivity index (χ0) is 18.5. The van der Waals surface area contributed by atoms with Crippen molar-refractivity contribution < 1.29 is 18.0 Å². The monoisotopic (exact) mass is 417 g/mol. The van der Waals surface area contributed by atoms with Crippen molar-refractivity contribution in [2.24, 2.45) is 5.73 Å². The van der Waals surface area contributed by atoms with Crippen LogP contribution in [-0.2, 0) is 11.0 Å². The van der Waals surface area contributed by atoms with E-state index in [1.54, 1.807) is 13.8 Å². The van der Waals surface area contributed by atoms with Gasteiger partial charge < -0.3 is 11.1 Å². The van der Waals surface area contributed by atoms with Crippen LogP contribution in [0.1, 0.15) is 44.9 Å². The first kappa shape index (κ1) is 27.2. The number of rotatable bonds is 7. The topological polar surface area (TPSA) is 58.4 Å². The second-order valence-corrected chi connectivity index (χ2v) is 6.29. The highest BCUT2D eigenvalue weighted by Crippen LogP contribution is 2.30. The van der Waals surface area contributed by atoms with E-state index in [4.69, 9.17) is 5.73 Å². The van der Waals surface area contributed by atoms with Crippen LogP contribution in [-0.4, -0.2) is 36.0 Å². The Labute approximate surface area is 165 Å². The molecule has 4 nitrogen and oxygen atoms in total. The van der Waals surface area contributed by atoms with Crippen LogP contribution >= 0.6 is 24.8 Å². The Morgan fingerprint density at radius 1 is 1.12 bits per heavy atom. The lowest BCUT2D eigenvalue weighted by Crippen LogP contribution is -2.51. The average molecular weight is 418 g/mol. The summed E-state index contributed by atoms with van der Waals surface area (Å²) in [6.07, 6.45) is -4.36. The number of hydrogen-bond donors (Lipinski definition) is 2. The van der Waals surface area contributed by atoms with Crippen LogP contribution in [0.2, 0.25) is 0 Å². The highest BCUT2D eigenvalue weighted by Gasteiger charge is 2.31. The highest BCUT2D eigenvalue weighted by molar-refractivity contribution is 5.86. The lowest BCUT2D eigenvalue weighted by atomic mass is 10.0. The molecule has 1 unspecified atom stereocenters. The van der Waals surface area contributed by atoms with Crippen molar-refractivity contribution in [2.75, 3.05) is 19.6 Å². The summed E-state index contributed by atoms with van der Waals surface area (Å²) in [5.74, 6) is -0.299. The molecule has 0 heterocycles. The third kappa shape index (κ3) is 7.70. The molecule has 26 heavy (non-hydrogen) atoms. The highest BCUT2D eigenvalue weighted by atomic mass is 35.5. The lowest BCUT2D eigenvalue weighted by molar-refractivity contribution is -0.137. The summed E-state index contributed by atoms with van der Waals surface area (Å²) in [6.45, 7) is 8.85. The number of hydrogen-bond acceptors (Lipinski definition) is 3. The van der Waals surface area contributed by atoms with Crippen molar-refractivity contribution in [3.05, 3.63) is 35.4 Å². The summed E-state index contributed by atoms with van der Waals surface area (Å²) in [7, 11) is 0. The summed E-state index contributed by atoms with van der Waals surface area (Å²) < 4.78 is 38.1. The third-order valence-corrected chi connectivity index (χ3v) is 3.92. The van der Waals surface area contributed by atoms with Crippen LogP contribution in [0.25, 0.3) is 0 Å². The van der Waals surface area contributed by atoms with Crippen molar-refractivity contribution in [1.29, 1.82) is 0 Å². The summed E-state index contributed by atoms with van der Waals surface area (Å²) in [5.41, 5.74) is 4.80. The number of carbonyl (C=O) groups excluding carboxylic acids is 1. The molecule has 1 aromatic rings. The largest absolute Gasteiger partial charge is 0.416 e. The molecule has 0 fully saturated rings. The molecule has 152 valence electrons. The van der Waals surface area contributed by atoms with Crippen molar-refractivity contribution in [1.82, 2.24) is 10.2 Å². The van der Waals surface area contributed by atoms with E-state index in [1.165, 1.54) is 12.1 Å². The van der Waals surface area contributed by atoms with Crippen LogP contribution in [0.3, 0.4) is 0 Å². The third-order valence-electron chi connectivity index (χ3n) is 3.92. The summed E-state index contributed by atoms with van der Waals surface area (Å²) in [6, 6.07) is 4.85. The SMILES string of the molecule is CCN(CC)C(CNC(=O)C(C)(C)N)c1ccc(C(F)(F)F)cc1.Cl.Cl. The molecule has 1 atom stereocenters. The van der Waals surface area contributed by atoms with E-state index in [0.29, 0.717) is 13.1 Å². The predicted molar refractivity (Wildman–Crippen MR) is 103 cm³/mol. The van der Waals surface area contributed by atoms with Gasteiger partial charge in [-0.05, 0) is 44.6 Å². The van der Waals surface area contributed by atoms with Gasteiger partial charge >= 0.3 is 6.18 Å². The molecule has 0 aliphatic heterocycles. The number of halogens is 5. The van der Waals surface area contributed by atoms with E-state index in [9.17, 15) is 18.0 Å². The maximum atomic E-state index is 12.7. The molecule has 9 heteroatoms. The van der Waals surface area contributed by atoms with Gasteiger partial charge in [0.15, 0.2) is 0 Å². The van der Waals surface area contributed by atoms with Crippen molar-refractivity contribution in [2.45, 2.75) is 45.5 Å². The van der Waals surface area contributed by atoms with Gasteiger partial charge in [-0.15, -0.1) is 24.8 Å². The number of benzene rings is 1. The number of alkyl halides is 3. The second-order valence-electron chi connectivity index (χ2n) is 6.29. The number of amides is 1. The van der Waals surface area contributed by atoms with Gasteiger partial charge in [0, 0.05) is 6.54 Å². The molecular formula is C17H28Cl2F3N3O.